The number of pyridine rings is 1. The number of amides is 1. The van der Waals surface area contributed by atoms with Crippen molar-refractivity contribution in [1.82, 2.24) is 20.4 Å². The minimum Gasteiger partial charge on any atom is -0.285 e. The van der Waals surface area contributed by atoms with Gasteiger partial charge in [0.25, 0.3) is 5.91 Å². The number of hydrogen-bond acceptors (Lipinski definition) is 5. The standard InChI is InChI=1S/C18H15N5O/c24-18(22-23-10-8-13-5-1-2-7-16(13)23)14-11-20-17(21-12-14)15-6-3-4-9-19-15/h1-7,9,11-12H,8,10H2,(H,22,24). The van der Waals surface area contributed by atoms with Crippen LogP contribution in [0.5, 0.6) is 0 Å². The van der Waals surface area contributed by atoms with Crippen LogP contribution in [0.1, 0.15) is 15.9 Å². The number of aromatic nitrogens is 3. The first-order valence-corrected chi connectivity index (χ1v) is 7.71. The summed E-state index contributed by atoms with van der Waals surface area (Å²) in [6.07, 6.45) is 5.65. The molecule has 118 valence electrons. The fourth-order valence-electron chi connectivity index (χ4n) is 2.71. The Kier molecular flexibility index (Phi) is 3.63. The summed E-state index contributed by atoms with van der Waals surface area (Å²) in [5.74, 6) is 0.276. The van der Waals surface area contributed by atoms with Gasteiger partial charge in [-0.1, -0.05) is 24.3 Å². The second-order valence-corrected chi connectivity index (χ2v) is 5.48. The van der Waals surface area contributed by atoms with E-state index in [1.165, 1.54) is 18.0 Å². The SMILES string of the molecule is O=C(NN1CCc2ccccc21)c1cnc(-c2ccccn2)nc1. The Bertz CT molecular complexity index is 864. The molecule has 0 fully saturated rings. The first-order chi connectivity index (χ1) is 11.8. The molecule has 0 unspecified atom stereocenters. The Balaban J connectivity index is 1.50. The number of carbonyl (C=O) groups is 1. The molecule has 24 heavy (non-hydrogen) atoms. The lowest BCUT2D eigenvalue weighted by Gasteiger charge is -2.20. The summed E-state index contributed by atoms with van der Waals surface area (Å²) < 4.78 is 0. The van der Waals surface area contributed by atoms with Crippen LogP contribution in [0, 0.1) is 0 Å². The van der Waals surface area contributed by atoms with Gasteiger partial charge in [-0.05, 0) is 30.2 Å². The Morgan fingerprint density at radius 1 is 1.00 bits per heavy atom. The lowest BCUT2D eigenvalue weighted by molar-refractivity contribution is 0.0949. The molecule has 0 radical (unpaired) electrons. The largest absolute Gasteiger partial charge is 0.285 e. The summed E-state index contributed by atoms with van der Waals surface area (Å²) >= 11 is 0. The van der Waals surface area contributed by atoms with Crippen molar-refractivity contribution < 1.29 is 4.79 Å². The third-order valence-corrected chi connectivity index (χ3v) is 3.93. The lowest BCUT2D eigenvalue weighted by Crippen LogP contribution is -2.41. The van der Waals surface area contributed by atoms with Crippen molar-refractivity contribution in [3.05, 3.63) is 72.2 Å². The second kappa shape index (κ2) is 6.08. The van der Waals surface area contributed by atoms with Crippen LogP contribution in [0.3, 0.4) is 0 Å². The van der Waals surface area contributed by atoms with Gasteiger partial charge in [-0.3, -0.25) is 20.2 Å². The third-order valence-electron chi connectivity index (χ3n) is 3.93. The van der Waals surface area contributed by atoms with Gasteiger partial charge in [-0.15, -0.1) is 0 Å². The minimum atomic E-state index is -0.223. The topological polar surface area (TPSA) is 71.0 Å². The zero-order valence-electron chi connectivity index (χ0n) is 12.9. The number of benzene rings is 1. The molecule has 1 aromatic carbocycles. The van der Waals surface area contributed by atoms with Gasteiger partial charge in [0.15, 0.2) is 5.82 Å². The molecule has 3 heterocycles. The normalized spacial score (nSPS) is 12.8. The third kappa shape index (κ3) is 2.69. The molecule has 0 aliphatic carbocycles. The molecule has 0 atom stereocenters. The van der Waals surface area contributed by atoms with Crippen LogP contribution in [0.25, 0.3) is 11.5 Å². The van der Waals surface area contributed by atoms with Crippen LogP contribution in [0.4, 0.5) is 5.69 Å². The van der Waals surface area contributed by atoms with Crippen molar-refractivity contribution in [2.75, 3.05) is 11.6 Å². The molecule has 6 nitrogen and oxygen atoms in total. The molecule has 3 aromatic rings. The number of nitrogens with one attached hydrogen (secondary N) is 1. The van der Waals surface area contributed by atoms with E-state index in [9.17, 15) is 4.79 Å². The fourth-order valence-corrected chi connectivity index (χ4v) is 2.71. The second-order valence-electron chi connectivity index (χ2n) is 5.48. The first kappa shape index (κ1) is 14.3. The Hall–Kier alpha value is -3.28. The van der Waals surface area contributed by atoms with Gasteiger partial charge in [0, 0.05) is 25.1 Å². The highest BCUT2D eigenvalue weighted by atomic mass is 16.2. The maximum Gasteiger partial charge on any atom is 0.272 e. The van der Waals surface area contributed by atoms with Crippen molar-refractivity contribution in [3.63, 3.8) is 0 Å². The van der Waals surface area contributed by atoms with Crippen LogP contribution >= 0.6 is 0 Å². The maximum atomic E-state index is 12.4. The van der Waals surface area contributed by atoms with E-state index in [2.05, 4.69) is 26.4 Å². The molecular formula is C18H15N5O. The molecule has 1 N–H and O–H groups in total. The number of para-hydroxylation sites is 1. The predicted molar refractivity (Wildman–Crippen MR) is 90.2 cm³/mol. The van der Waals surface area contributed by atoms with Gasteiger partial charge < -0.3 is 0 Å². The summed E-state index contributed by atoms with van der Waals surface area (Å²) in [4.78, 5) is 25.1. The van der Waals surface area contributed by atoms with E-state index in [0.717, 1.165) is 18.7 Å². The number of hydrogen-bond donors (Lipinski definition) is 1. The summed E-state index contributed by atoms with van der Waals surface area (Å²) in [5.41, 5.74) is 6.28. The summed E-state index contributed by atoms with van der Waals surface area (Å²) in [6.45, 7) is 0.762. The van der Waals surface area contributed by atoms with Crippen LogP contribution in [0.15, 0.2) is 61.1 Å². The van der Waals surface area contributed by atoms with Gasteiger partial charge in [-0.2, -0.15) is 0 Å². The Morgan fingerprint density at radius 3 is 2.58 bits per heavy atom. The summed E-state index contributed by atoms with van der Waals surface area (Å²) in [5, 5.41) is 1.87. The number of hydrazine groups is 1. The van der Waals surface area contributed by atoms with Gasteiger partial charge in [0.1, 0.15) is 5.69 Å². The van der Waals surface area contributed by atoms with E-state index in [4.69, 9.17) is 0 Å². The molecule has 0 bridgehead atoms. The average Bonchev–Trinajstić information content (AvgIpc) is 3.06. The molecule has 1 aliphatic heterocycles. The van der Waals surface area contributed by atoms with Crippen LogP contribution in [0.2, 0.25) is 0 Å². The van der Waals surface area contributed by atoms with Crippen molar-refractivity contribution in [1.29, 1.82) is 0 Å². The van der Waals surface area contributed by atoms with Crippen molar-refractivity contribution >= 4 is 11.6 Å². The first-order valence-electron chi connectivity index (χ1n) is 7.71. The van der Waals surface area contributed by atoms with E-state index < -0.39 is 0 Å². The van der Waals surface area contributed by atoms with E-state index in [-0.39, 0.29) is 5.91 Å². The number of anilines is 1. The molecular weight excluding hydrogens is 302 g/mol. The number of rotatable bonds is 3. The van der Waals surface area contributed by atoms with E-state index in [0.29, 0.717) is 17.1 Å². The smallest absolute Gasteiger partial charge is 0.272 e. The molecule has 0 saturated heterocycles. The van der Waals surface area contributed by atoms with Gasteiger partial charge in [-0.25, -0.2) is 9.97 Å². The molecule has 1 aliphatic rings. The van der Waals surface area contributed by atoms with E-state index >= 15 is 0 Å². The quantitative estimate of drug-likeness (QED) is 0.802. The molecule has 2 aromatic heterocycles. The zero-order chi connectivity index (χ0) is 16.4. The van der Waals surface area contributed by atoms with E-state index in [1.807, 2.05) is 41.4 Å². The van der Waals surface area contributed by atoms with Gasteiger partial charge >= 0.3 is 0 Å². The molecule has 0 spiro atoms. The summed E-state index contributed by atoms with van der Waals surface area (Å²) in [7, 11) is 0. The Morgan fingerprint density at radius 2 is 1.79 bits per heavy atom. The highest BCUT2D eigenvalue weighted by Gasteiger charge is 2.20. The molecule has 1 amide bonds. The summed E-state index contributed by atoms with van der Waals surface area (Å²) in [6, 6.07) is 13.6. The molecule has 4 rings (SSSR count). The number of fused-ring (bicyclic) bond motifs is 1. The van der Waals surface area contributed by atoms with Crippen molar-refractivity contribution in [3.8, 4) is 11.5 Å². The number of carbonyl (C=O) groups excluding carboxylic acids is 1. The highest BCUT2D eigenvalue weighted by molar-refractivity contribution is 5.94. The van der Waals surface area contributed by atoms with Crippen LogP contribution in [-0.4, -0.2) is 27.4 Å². The average molecular weight is 317 g/mol. The van der Waals surface area contributed by atoms with Crippen molar-refractivity contribution in [2.24, 2.45) is 0 Å². The van der Waals surface area contributed by atoms with Gasteiger partial charge in [0.05, 0.1) is 11.3 Å². The highest BCUT2D eigenvalue weighted by Crippen LogP contribution is 2.25. The lowest BCUT2D eigenvalue weighted by atomic mass is 10.2. The molecule has 0 saturated carbocycles. The number of nitrogens with zero attached hydrogens (tertiary/aromatic N) is 4. The maximum absolute atomic E-state index is 12.4. The Labute approximate surface area is 139 Å². The predicted octanol–water partition coefficient (Wildman–Crippen LogP) is 2.25. The monoisotopic (exact) mass is 317 g/mol. The van der Waals surface area contributed by atoms with E-state index in [1.54, 1.807) is 6.20 Å². The zero-order valence-corrected chi connectivity index (χ0v) is 12.9. The van der Waals surface area contributed by atoms with Crippen molar-refractivity contribution in [2.45, 2.75) is 6.42 Å². The van der Waals surface area contributed by atoms with Crippen LogP contribution in [-0.2, 0) is 6.42 Å². The molecule has 6 heteroatoms. The minimum absolute atomic E-state index is 0.223. The fraction of sp³-hybridized carbons (Fsp3) is 0.111. The van der Waals surface area contributed by atoms with Crippen LogP contribution < -0.4 is 10.4 Å². The van der Waals surface area contributed by atoms with Gasteiger partial charge in [0.2, 0.25) is 0 Å².